The minimum absolute atomic E-state index is 0.555. The third-order valence-corrected chi connectivity index (χ3v) is 3.11. The van der Waals surface area contributed by atoms with Crippen LogP contribution in [-0.4, -0.2) is 21.7 Å². The molecule has 0 amide bonds. The molecule has 0 atom stereocenters. The number of pyridine rings is 1. The second kappa shape index (κ2) is 6.42. The molecule has 0 spiro atoms. The molecule has 0 radical (unpaired) electrons. The van der Waals surface area contributed by atoms with Gasteiger partial charge in [-0.1, -0.05) is 23.4 Å². The largest absolute Gasteiger partial charge is 0.428 e. The van der Waals surface area contributed by atoms with Crippen molar-refractivity contribution < 1.29 is 4.74 Å². The molecule has 0 aromatic carbocycles. The summed E-state index contributed by atoms with van der Waals surface area (Å²) >= 11 is 1.45. The van der Waals surface area contributed by atoms with Crippen LogP contribution in [0.4, 0.5) is 0 Å². The number of nitrogens with one attached hydrogen (secondary N) is 1. The van der Waals surface area contributed by atoms with Crippen molar-refractivity contribution in [3.05, 3.63) is 29.0 Å². The van der Waals surface area contributed by atoms with Crippen LogP contribution in [0.2, 0.25) is 0 Å². The fraction of sp³-hybridized carbons (Fsp3) is 0.417. The van der Waals surface area contributed by atoms with E-state index in [0.717, 1.165) is 36.0 Å². The Morgan fingerprint density at radius 2 is 2.28 bits per heavy atom. The number of aromatic nitrogens is 3. The number of hydrogen-bond acceptors (Lipinski definition) is 6. The van der Waals surface area contributed by atoms with Gasteiger partial charge in [-0.3, -0.25) is 4.98 Å². The molecule has 18 heavy (non-hydrogen) atoms. The van der Waals surface area contributed by atoms with Crippen LogP contribution in [0.5, 0.6) is 10.9 Å². The molecule has 6 heteroatoms. The lowest BCUT2D eigenvalue weighted by Crippen LogP contribution is -2.13. The van der Waals surface area contributed by atoms with E-state index in [1.165, 1.54) is 11.3 Å². The van der Waals surface area contributed by atoms with E-state index in [2.05, 4.69) is 27.4 Å². The highest BCUT2D eigenvalue weighted by molar-refractivity contribution is 7.13. The zero-order valence-corrected chi connectivity index (χ0v) is 11.3. The highest BCUT2D eigenvalue weighted by Crippen LogP contribution is 2.26. The van der Waals surface area contributed by atoms with Gasteiger partial charge in [0.2, 0.25) is 0 Å². The quantitative estimate of drug-likeness (QED) is 0.812. The Morgan fingerprint density at radius 3 is 3.06 bits per heavy atom. The van der Waals surface area contributed by atoms with E-state index in [1.54, 1.807) is 6.20 Å². The van der Waals surface area contributed by atoms with Crippen LogP contribution in [-0.2, 0) is 6.54 Å². The molecule has 2 rings (SSSR count). The van der Waals surface area contributed by atoms with E-state index in [4.69, 9.17) is 4.74 Å². The Labute approximate surface area is 110 Å². The van der Waals surface area contributed by atoms with Crippen molar-refractivity contribution in [2.24, 2.45) is 0 Å². The SMILES string of the molecule is CCCNCc1nnc(Oc2cccnc2C)s1. The summed E-state index contributed by atoms with van der Waals surface area (Å²) in [6.07, 6.45) is 2.85. The van der Waals surface area contributed by atoms with Crippen LogP contribution in [0.25, 0.3) is 0 Å². The van der Waals surface area contributed by atoms with Crippen molar-refractivity contribution in [3.8, 4) is 10.9 Å². The molecule has 0 unspecified atom stereocenters. The third-order valence-electron chi connectivity index (χ3n) is 2.31. The van der Waals surface area contributed by atoms with Gasteiger partial charge >= 0.3 is 0 Å². The van der Waals surface area contributed by atoms with Crippen LogP contribution in [0.15, 0.2) is 18.3 Å². The first kappa shape index (κ1) is 12.9. The summed E-state index contributed by atoms with van der Waals surface area (Å²) in [5.41, 5.74) is 0.846. The summed E-state index contributed by atoms with van der Waals surface area (Å²) in [6.45, 7) is 5.76. The topological polar surface area (TPSA) is 59.9 Å². The first-order valence-electron chi connectivity index (χ1n) is 5.92. The number of aryl methyl sites for hydroxylation is 1. The summed E-state index contributed by atoms with van der Waals surface area (Å²) < 4.78 is 5.65. The van der Waals surface area contributed by atoms with Crippen LogP contribution in [0.3, 0.4) is 0 Å². The zero-order valence-electron chi connectivity index (χ0n) is 10.5. The minimum Gasteiger partial charge on any atom is -0.428 e. The standard InChI is InChI=1S/C12H16N4OS/c1-3-6-13-8-11-15-16-12(18-11)17-10-5-4-7-14-9(10)2/h4-5,7,13H,3,6,8H2,1-2H3. The molecule has 0 aliphatic rings. The molecule has 96 valence electrons. The van der Waals surface area contributed by atoms with Crippen LogP contribution < -0.4 is 10.1 Å². The average molecular weight is 264 g/mol. The molecule has 1 N–H and O–H groups in total. The number of nitrogens with zero attached hydrogens (tertiary/aromatic N) is 3. The van der Waals surface area contributed by atoms with Crippen molar-refractivity contribution in [1.29, 1.82) is 0 Å². The lowest BCUT2D eigenvalue weighted by molar-refractivity contribution is 0.466. The monoisotopic (exact) mass is 264 g/mol. The summed E-state index contributed by atoms with van der Waals surface area (Å²) in [6, 6.07) is 3.71. The van der Waals surface area contributed by atoms with E-state index >= 15 is 0 Å². The highest BCUT2D eigenvalue weighted by atomic mass is 32.1. The number of hydrogen-bond donors (Lipinski definition) is 1. The third kappa shape index (κ3) is 3.48. The molecule has 0 aliphatic heterocycles. The Balaban J connectivity index is 1.96. The second-order valence-electron chi connectivity index (χ2n) is 3.83. The second-order valence-corrected chi connectivity index (χ2v) is 4.85. The highest BCUT2D eigenvalue weighted by Gasteiger charge is 2.07. The Kier molecular flexibility index (Phi) is 4.60. The normalized spacial score (nSPS) is 10.6. The maximum absolute atomic E-state index is 5.65. The maximum atomic E-state index is 5.65. The summed E-state index contributed by atoms with van der Waals surface area (Å²) in [5.74, 6) is 0.724. The van der Waals surface area contributed by atoms with Gasteiger partial charge in [-0.05, 0) is 32.0 Å². The summed E-state index contributed by atoms with van der Waals surface area (Å²) in [4.78, 5) is 4.16. The summed E-state index contributed by atoms with van der Waals surface area (Å²) in [7, 11) is 0. The van der Waals surface area contributed by atoms with E-state index in [-0.39, 0.29) is 0 Å². The van der Waals surface area contributed by atoms with Gasteiger partial charge < -0.3 is 10.1 Å². The molecular weight excluding hydrogens is 248 g/mol. The van der Waals surface area contributed by atoms with E-state index < -0.39 is 0 Å². The minimum atomic E-state index is 0.555. The first-order valence-corrected chi connectivity index (χ1v) is 6.74. The first-order chi connectivity index (χ1) is 8.79. The predicted molar refractivity (Wildman–Crippen MR) is 71.0 cm³/mol. The molecule has 2 heterocycles. The number of rotatable bonds is 6. The van der Waals surface area contributed by atoms with Crippen molar-refractivity contribution >= 4 is 11.3 Å². The van der Waals surface area contributed by atoms with Gasteiger partial charge in [-0.15, -0.1) is 5.10 Å². The molecule has 0 saturated carbocycles. The summed E-state index contributed by atoms with van der Waals surface area (Å²) in [5, 5.41) is 12.8. The molecule has 5 nitrogen and oxygen atoms in total. The zero-order chi connectivity index (χ0) is 12.8. The van der Waals surface area contributed by atoms with Crippen LogP contribution in [0.1, 0.15) is 24.0 Å². The van der Waals surface area contributed by atoms with E-state index in [9.17, 15) is 0 Å². The van der Waals surface area contributed by atoms with Crippen LogP contribution >= 0.6 is 11.3 Å². The van der Waals surface area contributed by atoms with E-state index in [1.807, 2.05) is 19.1 Å². The Bertz CT molecular complexity index is 500. The van der Waals surface area contributed by atoms with Gasteiger partial charge in [-0.2, -0.15) is 0 Å². The van der Waals surface area contributed by atoms with Gasteiger partial charge in [0.05, 0.1) is 5.69 Å². The smallest absolute Gasteiger partial charge is 0.299 e. The lowest BCUT2D eigenvalue weighted by atomic mass is 10.3. The molecule has 0 bridgehead atoms. The van der Waals surface area contributed by atoms with Gasteiger partial charge in [-0.25, -0.2) is 0 Å². The van der Waals surface area contributed by atoms with Gasteiger partial charge in [0, 0.05) is 12.7 Å². The maximum Gasteiger partial charge on any atom is 0.299 e. The predicted octanol–water partition coefficient (Wildman–Crippen LogP) is 2.53. The molecule has 0 aliphatic carbocycles. The molecule has 0 saturated heterocycles. The Hall–Kier alpha value is -1.53. The van der Waals surface area contributed by atoms with E-state index in [0.29, 0.717) is 5.19 Å². The molecule has 2 aromatic rings. The lowest BCUT2D eigenvalue weighted by Gasteiger charge is -2.02. The van der Waals surface area contributed by atoms with Crippen molar-refractivity contribution in [3.63, 3.8) is 0 Å². The van der Waals surface area contributed by atoms with Gasteiger partial charge in [0.25, 0.3) is 5.19 Å². The average Bonchev–Trinajstić information content (AvgIpc) is 2.80. The van der Waals surface area contributed by atoms with Crippen molar-refractivity contribution in [1.82, 2.24) is 20.5 Å². The molecule has 0 fully saturated rings. The van der Waals surface area contributed by atoms with Gasteiger partial charge in [0.1, 0.15) is 5.01 Å². The van der Waals surface area contributed by atoms with Crippen molar-refractivity contribution in [2.45, 2.75) is 26.8 Å². The Morgan fingerprint density at radius 1 is 1.39 bits per heavy atom. The molecule has 2 aromatic heterocycles. The number of ether oxygens (including phenoxy) is 1. The fourth-order valence-electron chi connectivity index (χ4n) is 1.39. The fourth-order valence-corrected chi connectivity index (χ4v) is 2.06. The molecular formula is C12H16N4OS. The van der Waals surface area contributed by atoms with Crippen molar-refractivity contribution in [2.75, 3.05) is 6.54 Å². The van der Waals surface area contributed by atoms with Crippen LogP contribution in [0, 0.1) is 6.92 Å². The van der Waals surface area contributed by atoms with Gasteiger partial charge in [0.15, 0.2) is 5.75 Å².